The number of fused-ring (bicyclic) bond motifs is 1. The van der Waals surface area contributed by atoms with Crippen LogP contribution in [-0.2, 0) is 6.54 Å². The van der Waals surface area contributed by atoms with Gasteiger partial charge in [-0.25, -0.2) is 14.6 Å². The van der Waals surface area contributed by atoms with Gasteiger partial charge in [0.15, 0.2) is 16.5 Å². The quantitative estimate of drug-likeness (QED) is 0.296. The van der Waals surface area contributed by atoms with E-state index in [0.717, 1.165) is 44.7 Å². The van der Waals surface area contributed by atoms with Crippen LogP contribution in [0.1, 0.15) is 36.4 Å². The number of nitrogens with two attached hydrogens (primary N) is 1. The number of nitrogens with zero attached hydrogens (tertiary/aromatic N) is 5. The summed E-state index contributed by atoms with van der Waals surface area (Å²) in [6.45, 7) is 1.25. The van der Waals surface area contributed by atoms with E-state index in [9.17, 15) is 0 Å². The van der Waals surface area contributed by atoms with Gasteiger partial charge < -0.3 is 11.1 Å². The van der Waals surface area contributed by atoms with Crippen molar-refractivity contribution >= 4 is 28.6 Å². The minimum atomic E-state index is 0.528. The van der Waals surface area contributed by atoms with Crippen LogP contribution in [0.4, 0.5) is 5.82 Å². The SMILES string of the molecule is NCCSc1nc(NCc2ccc(-n3cccn3)cc2)c2n[nH]c(C3CCC3)c2n1. The third-order valence-corrected chi connectivity index (χ3v) is 6.32. The van der Waals surface area contributed by atoms with Gasteiger partial charge in [0.05, 0.1) is 11.4 Å². The molecule has 5 rings (SSSR count). The molecule has 8 nitrogen and oxygen atoms in total. The van der Waals surface area contributed by atoms with Gasteiger partial charge in [-0.15, -0.1) is 0 Å². The molecule has 1 aliphatic carbocycles. The average Bonchev–Trinajstić information content (AvgIpc) is 3.41. The molecule has 0 radical (unpaired) electrons. The lowest BCUT2D eigenvalue weighted by Crippen LogP contribution is -2.10. The minimum Gasteiger partial charge on any atom is -0.364 e. The Labute approximate surface area is 178 Å². The Hall–Kier alpha value is -2.91. The molecule has 1 aromatic carbocycles. The van der Waals surface area contributed by atoms with Crippen LogP contribution in [0.5, 0.6) is 0 Å². The summed E-state index contributed by atoms with van der Waals surface area (Å²) in [7, 11) is 0. The summed E-state index contributed by atoms with van der Waals surface area (Å²) in [5.41, 5.74) is 10.8. The molecule has 1 saturated carbocycles. The zero-order valence-electron chi connectivity index (χ0n) is 16.6. The van der Waals surface area contributed by atoms with E-state index < -0.39 is 0 Å². The number of aromatic nitrogens is 6. The molecule has 1 aliphatic rings. The third-order valence-electron chi connectivity index (χ3n) is 5.43. The summed E-state index contributed by atoms with van der Waals surface area (Å²) >= 11 is 1.58. The molecule has 0 unspecified atom stereocenters. The fourth-order valence-corrected chi connectivity index (χ4v) is 4.20. The average molecular weight is 421 g/mol. The number of H-pyrrole nitrogens is 1. The molecule has 0 saturated heterocycles. The van der Waals surface area contributed by atoms with E-state index in [1.807, 2.05) is 16.9 Å². The molecule has 4 N–H and O–H groups in total. The first-order valence-corrected chi connectivity index (χ1v) is 11.2. The summed E-state index contributed by atoms with van der Waals surface area (Å²) in [6.07, 6.45) is 7.36. The molecule has 0 spiro atoms. The highest BCUT2D eigenvalue weighted by atomic mass is 32.2. The molecule has 9 heteroatoms. The van der Waals surface area contributed by atoms with Crippen molar-refractivity contribution < 1.29 is 0 Å². The van der Waals surface area contributed by atoms with Crippen LogP contribution in [0, 0.1) is 0 Å². The number of rotatable bonds is 8. The van der Waals surface area contributed by atoms with E-state index in [0.29, 0.717) is 19.0 Å². The number of anilines is 1. The molecule has 0 aliphatic heterocycles. The van der Waals surface area contributed by atoms with Gasteiger partial charge in [0.1, 0.15) is 5.52 Å². The van der Waals surface area contributed by atoms with E-state index in [1.165, 1.54) is 19.3 Å². The standard InChI is InChI=1S/C21H24N8S/c22-9-12-30-21-25-18-17(15-3-1-4-15)27-28-19(18)20(26-21)23-13-14-5-7-16(8-6-14)29-11-2-10-24-29/h2,5-8,10-11,15H,1,3-4,9,12-13,22H2,(H,27,28)(H,23,25,26). The molecule has 1 fully saturated rings. The highest BCUT2D eigenvalue weighted by molar-refractivity contribution is 7.99. The van der Waals surface area contributed by atoms with Crippen LogP contribution in [0.25, 0.3) is 16.7 Å². The number of hydrogen-bond acceptors (Lipinski definition) is 7. The predicted octanol–water partition coefficient (Wildman–Crippen LogP) is 3.47. The summed E-state index contributed by atoms with van der Waals surface area (Å²) in [6, 6.07) is 10.2. The van der Waals surface area contributed by atoms with E-state index in [4.69, 9.17) is 15.7 Å². The highest BCUT2D eigenvalue weighted by Gasteiger charge is 2.26. The largest absolute Gasteiger partial charge is 0.364 e. The molecular weight excluding hydrogens is 396 g/mol. The first-order valence-electron chi connectivity index (χ1n) is 10.2. The van der Waals surface area contributed by atoms with E-state index in [-0.39, 0.29) is 0 Å². The highest BCUT2D eigenvalue weighted by Crippen LogP contribution is 2.39. The maximum absolute atomic E-state index is 5.68. The lowest BCUT2D eigenvalue weighted by molar-refractivity contribution is 0.412. The van der Waals surface area contributed by atoms with E-state index >= 15 is 0 Å². The summed E-state index contributed by atoms with van der Waals surface area (Å²) in [5, 5.41) is 16.2. The molecule has 0 amide bonds. The van der Waals surface area contributed by atoms with Gasteiger partial charge >= 0.3 is 0 Å². The predicted molar refractivity (Wildman–Crippen MR) is 119 cm³/mol. The maximum Gasteiger partial charge on any atom is 0.190 e. The normalized spacial score (nSPS) is 14.2. The summed E-state index contributed by atoms with van der Waals surface area (Å²) < 4.78 is 1.85. The fraction of sp³-hybridized carbons (Fsp3) is 0.333. The fourth-order valence-electron chi connectivity index (χ4n) is 3.59. The van der Waals surface area contributed by atoms with Crippen LogP contribution >= 0.6 is 11.8 Å². The van der Waals surface area contributed by atoms with Gasteiger partial charge in [0.25, 0.3) is 0 Å². The van der Waals surface area contributed by atoms with Crippen molar-refractivity contribution in [3.05, 3.63) is 54.0 Å². The van der Waals surface area contributed by atoms with Crippen LogP contribution < -0.4 is 11.1 Å². The number of thioether (sulfide) groups is 1. The van der Waals surface area contributed by atoms with E-state index in [2.05, 4.69) is 44.9 Å². The number of aromatic amines is 1. The second-order valence-electron chi connectivity index (χ2n) is 7.42. The Balaban J connectivity index is 1.39. The topological polar surface area (TPSA) is 110 Å². The lowest BCUT2D eigenvalue weighted by Gasteiger charge is -2.23. The lowest BCUT2D eigenvalue weighted by atomic mass is 9.82. The molecule has 0 atom stereocenters. The molecule has 0 bridgehead atoms. The molecule has 4 aromatic rings. The zero-order chi connectivity index (χ0) is 20.3. The number of hydrogen-bond donors (Lipinski definition) is 3. The number of benzene rings is 1. The molecular formula is C21H24N8S. The Bertz CT molecular complexity index is 1120. The maximum atomic E-state index is 5.68. The van der Waals surface area contributed by atoms with Gasteiger partial charge in [-0.3, -0.25) is 5.10 Å². The second-order valence-corrected chi connectivity index (χ2v) is 8.49. The van der Waals surface area contributed by atoms with Crippen LogP contribution in [0.15, 0.2) is 47.9 Å². The Morgan fingerprint density at radius 1 is 1.17 bits per heavy atom. The number of nitrogens with one attached hydrogen (secondary N) is 2. The molecule has 154 valence electrons. The smallest absolute Gasteiger partial charge is 0.190 e. The molecule has 30 heavy (non-hydrogen) atoms. The van der Waals surface area contributed by atoms with Crippen molar-refractivity contribution in [3.8, 4) is 5.69 Å². The first kappa shape index (κ1) is 19.1. The summed E-state index contributed by atoms with van der Waals surface area (Å²) in [4.78, 5) is 9.50. The molecule has 3 heterocycles. The summed E-state index contributed by atoms with van der Waals surface area (Å²) in [5.74, 6) is 2.08. The van der Waals surface area contributed by atoms with E-state index in [1.54, 1.807) is 18.0 Å². The van der Waals surface area contributed by atoms with Crippen molar-refractivity contribution in [3.63, 3.8) is 0 Å². The Morgan fingerprint density at radius 3 is 2.73 bits per heavy atom. The monoisotopic (exact) mass is 420 g/mol. The van der Waals surface area contributed by atoms with Gasteiger partial charge in [-0.05, 0) is 36.6 Å². The van der Waals surface area contributed by atoms with Gasteiger partial charge in [-0.2, -0.15) is 10.2 Å². The Morgan fingerprint density at radius 2 is 2.03 bits per heavy atom. The first-order chi connectivity index (χ1) is 14.8. The van der Waals surface area contributed by atoms with Crippen LogP contribution in [0.3, 0.4) is 0 Å². The zero-order valence-corrected chi connectivity index (χ0v) is 17.4. The second kappa shape index (κ2) is 8.45. The minimum absolute atomic E-state index is 0.528. The van der Waals surface area contributed by atoms with Crippen molar-refractivity contribution in [2.24, 2.45) is 5.73 Å². The van der Waals surface area contributed by atoms with Crippen LogP contribution in [0.2, 0.25) is 0 Å². The van der Waals surface area contributed by atoms with Crippen molar-refractivity contribution in [2.45, 2.75) is 36.9 Å². The van der Waals surface area contributed by atoms with Crippen molar-refractivity contribution in [1.82, 2.24) is 29.9 Å². The third kappa shape index (κ3) is 3.78. The molecule has 3 aromatic heterocycles. The van der Waals surface area contributed by atoms with Gasteiger partial charge in [-0.1, -0.05) is 30.3 Å². The van der Waals surface area contributed by atoms with Crippen LogP contribution in [-0.4, -0.2) is 42.2 Å². The van der Waals surface area contributed by atoms with Crippen molar-refractivity contribution in [1.29, 1.82) is 0 Å². The van der Waals surface area contributed by atoms with Gasteiger partial charge in [0, 0.05) is 37.2 Å². The Kier molecular flexibility index (Phi) is 5.37. The van der Waals surface area contributed by atoms with Crippen molar-refractivity contribution in [2.75, 3.05) is 17.6 Å². The van der Waals surface area contributed by atoms with Gasteiger partial charge in [0.2, 0.25) is 0 Å².